The normalized spacial score (nSPS) is 16.7. The molecule has 0 unspecified atom stereocenters. The van der Waals surface area contributed by atoms with Crippen molar-refractivity contribution in [3.63, 3.8) is 0 Å². The highest BCUT2D eigenvalue weighted by Crippen LogP contribution is 2.32. The number of fused-ring (bicyclic) bond motifs is 1. The summed E-state index contributed by atoms with van der Waals surface area (Å²) < 4.78 is 42.1. The van der Waals surface area contributed by atoms with E-state index in [2.05, 4.69) is 31.7 Å². The maximum Gasteiger partial charge on any atom is 0.246 e. The second-order valence-corrected chi connectivity index (χ2v) is 11.6. The molecule has 2 fully saturated rings. The molecule has 204 valence electrons. The second-order valence-electron chi connectivity index (χ2n) is 9.96. The van der Waals surface area contributed by atoms with Crippen molar-refractivity contribution >= 4 is 32.7 Å². The van der Waals surface area contributed by atoms with Gasteiger partial charge in [0.1, 0.15) is 4.90 Å². The fraction of sp³-hybridized carbons (Fsp3) is 0.357. The molecule has 10 nitrogen and oxygen atoms in total. The van der Waals surface area contributed by atoms with E-state index < -0.39 is 10.0 Å². The molecule has 1 aliphatic carbocycles. The summed E-state index contributed by atoms with van der Waals surface area (Å²) in [6.07, 6.45) is 5.34. The van der Waals surface area contributed by atoms with E-state index in [4.69, 9.17) is 15.2 Å². The number of nitrogens with one attached hydrogen (secondary N) is 1. The van der Waals surface area contributed by atoms with Crippen molar-refractivity contribution in [2.75, 3.05) is 44.0 Å². The predicted octanol–water partition coefficient (Wildman–Crippen LogP) is 3.74. The Morgan fingerprint density at radius 3 is 2.44 bits per heavy atom. The topological polar surface area (TPSA) is 125 Å². The summed E-state index contributed by atoms with van der Waals surface area (Å²) in [5, 5.41) is 0. The van der Waals surface area contributed by atoms with Crippen LogP contribution in [0.1, 0.15) is 25.7 Å². The van der Waals surface area contributed by atoms with Crippen LogP contribution < -0.4 is 20.1 Å². The van der Waals surface area contributed by atoms with Crippen molar-refractivity contribution < 1.29 is 17.9 Å². The lowest BCUT2D eigenvalue weighted by molar-refractivity contribution is 0.122. The Morgan fingerprint density at radius 1 is 1.00 bits per heavy atom. The zero-order chi connectivity index (χ0) is 27.0. The number of hydrogen-bond acceptors (Lipinski definition) is 8. The molecule has 11 heteroatoms. The van der Waals surface area contributed by atoms with Gasteiger partial charge in [-0.05, 0) is 60.9 Å². The monoisotopic (exact) mass is 548 g/mol. The lowest BCUT2D eigenvalue weighted by Crippen LogP contribution is -2.36. The number of hydrogen-bond donors (Lipinski definition) is 2. The van der Waals surface area contributed by atoms with E-state index in [0.717, 1.165) is 80.0 Å². The van der Waals surface area contributed by atoms with E-state index in [0.29, 0.717) is 11.5 Å². The molecule has 3 heterocycles. The van der Waals surface area contributed by atoms with Gasteiger partial charge in [-0.25, -0.2) is 23.1 Å². The molecular weight excluding hydrogens is 516 g/mol. The number of aromatic nitrogens is 3. The maximum atomic E-state index is 13.3. The first-order valence-electron chi connectivity index (χ1n) is 13.2. The van der Waals surface area contributed by atoms with Crippen LogP contribution in [-0.4, -0.2) is 62.4 Å². The van der Waals surface area contributed by atoms with Gasteiger partial charge in [-0.2, -0.15) is 0 Å². The molecule has 2 aromatic carbocycles. The van der Waals surface area contributed by atoms with E-state index in [9.17, 15) is 8.42 Å². The number of morpholine rings is 1. The first-order chi connectivity index (χ1) is 18.9. The van der Waals surface area contributed by atoms with Crippen LogP contribution in [0.3, 0.4) is 0 Å². The molecule has 4 aromatic rings. The quantitative estimate of drug-likeness (QED) is 0.358. The molecule has 0 radical (unpaired) electrons. The number of nitrogens with zero attached hydrogens (tertiary/aromatic N) is 4. The van der Waals surface area contributed by atoms with E-state index in [1.165, 1.54) is 7.11 Å². The van der Waals surface area contributed by atoms with Crippen LogP contribution in [0.5, 0.6) is 5.88 Å². The third-order valence-electron chi connectivity index (χ3n) is 7.48. The number of nitrogens with two attached hydrogens (primary N) is 1. The number of methoxy groups -OCH3 is 1. The Morgan fingerprint density at radius 2 is 1.72 bits per heavy atom. The number of anilines is 2. The molecule has 1 saturated heterocycles. The molecule has 0 atom stereocenters. The van der Waals surface area contributed by atoms with Crippen LogP contribution in [0.4, 0.5) is 11.6 Å². The minimum atomic E-state index is -3.81. The largest absolute Gasteiger partial charge is 0.480 e. The summed E-state index contributed by atoms with van der Waals surface area (Å²) in [5.74, 6) is 0.443. The Hall–Kier alpha value is -3.67. The summed E-state index contributed by atoms with van der Waals surface area (Å²) in [4.78, 5) is 11.2. The number of imidazole rings is 1. The standard InChI is InChI=1S/C28H32N6O4S/c1-37-27-26(39(35,36)32-21-4-2-3-5-21)17-20(18-30-27)19-6-11-24-25(16-19)34(28(29)31-24)23-9-7-22(8-10-23)33-12-14-38-15-13-33/h6-11,16-18,21,32H,2-5,12-15H2,1H3,(H2,29,31). The molecular formula is C28H32N6O4S. The third kappa shape index (κ3) is 5.05. The van der Waals surface area contributed by atoms with Gasteiger partial charge in [0.05, 0.1) is 31.4 Å². The zero-order valence-corrected chi connectivity index (χ0v) is 22.7. The average Bonchev–Trinajstić information content (AvgIpc) is 3.59. The van der Waals surface area contributed by atoms with E-state index >= 15 is 0 Å². The van der Waals surface area contributed by atoms with Gasteiger partial charge in [0.15, 0.2) is 0 Å². The highest BCUT2D eigenvalue weighted by Gasteiger charge is 2.27. The Bertz CT molecular complexity index is 1590. The number of rotatable bonds is 7. The zero-order valence-electron chi connectivity index (χ0n) is 21.8. The Labute approximate surface area is 227 Å². The highest BCUT2D eigenvalue weighted by molar-refractivity contribution is 7.89. The Balaban J connectivity index is 1.36. The van der Waals surface area contributed by atoms with Crippen molar-refractivity contribution in [3.05, 3.63) is 54.7 Å². The average molecular weight is 549 g/mol. The van der Waals surface area contributed by atoms with Crippen molar-refractivity contribution in [3.8, 4) is 22.7 Å². The van der Waals surface area contributed by atoms with Crippen LogP contribution in [-0.2, 0) is 14.8 Å². The lowest BCUT2D eigenvalue weighted by atomic mass is 10.1. The number of benzene rings is 2. The molecule has 0 amide bonds. The fourth-order valence-corrected chi connectivity index (χ4v) is 6.89. The number of pyridine rings is 1. The third-order valence-corrected chi connectivity index (χ3v) is 8.99. The molecule has 3 N–H and O–H groups in total. The molecule has 1 aliphatic heterocycles. The van der Waals surface area contributed by atoms with Gasteiger partial charge >= 0.3 is 0 Å². The van der Waals surface area contributed by atoms with Gasteiger partial charge in [0.25, 0.3) is 0 Å². The smallest absolute Gasteiger partial charge is 0.246 e. The van der Waals surface area contributed by atoms with Crippen LogP contribution in [0.25, 0.3) is 27.8 Å². The molecule has 39 heavy (non-hydrogen) atoms. The number of sulfonamides is 1. The van der Waals surface area contributed by atoms with Gasteiger partial charge in [0, 0.05) is 42.3 Å². The van der Waals surface area contributed by atoms with E-state index in [1.807, 2.05) is 34.9 Å². The summed E-state index contributed by atoms with van der Waals surface area (Å²) >= 11 is 0. The predicted molar refractivity (Wildman–Crippen MR) is 151 cm³/mol. The summed E-state index contributed by atoms with van der Waals surface area (Å²) in [5.41, 5.74) is 11.4. The SMILES string of the molecule is COc1ncc(-c2ccc3nc(N)n(-c4ccc(N5CCOCC5)cc4)c3c2)cc1S(=O)(=O)NC1CCCC1. The van der Waals surface area contributed by atoms with Crippen molar-refractivity contribution in [2.24, 2.45) is 0 Å². The highest BCUT2D eigenvalue weighted by atomic mass is 32.2. The number of nitrogen functional groups attached to an aromatic ring is 1. The summed E-state index contributed by atoms with van der Waals surface area (Å²) in [7, 11) is -2.38. The van der Waals surface area contributed by atoms with Crippen molar-refractivity contribution in [1.82, 2.24) is 19.3 Å². The van der Waals surface area contributed by atoms with Gasteiger partial charge in [-0.15, -0.1) is 0 Å². The number of ether oxygens (including phenoxy) is 2. The second kappa shape index (κ2) is 10.5. The minimum absolute atomic E-state index is 0.0289. The van der Waals surface area contributed by atoms with Gasteiger partial charge < -0.3 is 20.1 Å². The van der Waals surface area contributed by atoms with Crippen molar-refractivity contribution in [2.45, 2.75) is 36.6 Å². The van der Waals surface area contributed by atoms with Crippen LogP contribution >= 0.6 is 0 Å². The van der Waals surface area contributed by atoms with Crippen LogP contribution in [0.2, 0.25) is 0 Å². The van der Waals surface area contributed by atoms with Crippen LogP contribution in [0, 0.1) is 0 Å². The van der Waals surface area contributed by atoms with E-state index in [1.54, 1.807) is 12.3 Å². The van der Waals surface area contributed by atoms with E-state index in [-0.39, 0.29) is 16.8 Å². The maximum absolute atomic E-state index is 13.3. The molecule has 6 rings (SSSR count). The van der Waals surface area contributed by atoms with Gasteiger partial charge in [0.2, 0.25) is 21.9 Å². The Kier molecular flexibility index (Phi) is 6.88. The minimum Gasteiger partial charge on any atom is -0.480 e. The summed E-state index contributed by atoms with van der Waals surface area (Å²) in [6, 6.07) is 15.5. The molecule has 1 saturated carbocycles. The fourth-order valence-electron chi connectivity index (χ4n) is 5.44. The lowest BCUT2D eigenvalue weighted by Gasteiger charge is -2.29. The summed E-state index contributed by atoms with van der Waals surface area (Å²) in [6.45, 7) is 3.18. The molecule has 2 aliphatic rings. The van der Waals surface area contributed by atoms with Crippen molar-refractivity contribution in [1.29, 1.82) is 0 Å². The molecule has 0 spiro atoms. The molecule has 0 bridgehead atoms. The van der Waals surface area contributed by atoms with Crippen LogP contribution in [0.15, 0.2) is 59.6 Å². The van der Waals surface area contributed by atoms with Gasteiger partial charge in [-0.3, -0.25) is 4.57 Å². The molecule has 2 aromatic heterocycles. The first-order valence-corrected chi connectivity index (χ1v) is 14.7. The van der Waals surface area contributed by atoms with Gasteiger partial charge in [-0.1, -0.05) is 18.9 Å². The first kappa shape index (κ1) is 25.6.